The molecule has 51 heavy (non-hydrogen) atoms. The summed E-state index contributed by atoms with van der Waals surface area (Å²) in [6.07, 6.45) is 0. The van der Waals surface area contributed by atoms with Crippen LogP contribution in [-0.4, -0.2) is 199 Å². The molecule has 0 saturated carbocycles. The molecule has 43 heteroatoms. The van der Waals surface area contributed by atoms with Crippen LogP contribution in [0.4, 0.5) is 0 Å². The molecule has 4 heterocycles. The molecule has 4 rings (SSSR count). The second kappa shape index (κ2) is 14.6. The zero-order valence-electron chi connectivity index (χ0n) is 27.0. The van der Waals surface area contributed by atoms with E-state index in [1.165, 1.54) is 0 Å². The molecular weight excluding hydrogens is 929 g/mol. The Morgan fingerprint density at radius 1 is 0.275 bits per heavy atom. The summed E-state index contributed by atoms with van der Waals surface area (Å²) in [6.45, 7) is 1.87. The molecule has 31 nitrogen and oxygen atoms in total. The molecule has 0 aromatic carbocycles. The molecule has 0 radical (unpaired) electrons. The lowest BCUT2D eigenvalue weighted by Crippen LogP contribution is -2.82. The molecular formula is C8H34O31Si12. The average molecular weight is 963 g/mol. The zero-order chi connectivity index (χ0) is 38.8. The standard InChI is InChI=1S/C8H34O31Si12/c1-19-40(7)25-41(8)27-42(9,20-2)29-43(10,21-3)32-49(16)34-46(13,24-6)35-50(17)33-45(12,23-5)30-44(11,22-4)31-47(14,26-40)36-48(15,28-41)37-51(18,38-49)39-50/h9-18H,1-8H3. The van der Waals surface area contributed by atoms with Crippen molar-refractivity contribution in [2.24, 2.45) is 0 Å². The van der Waals surface area contributed by atoms with Crippen molar-refractivity contribution >= 4 is 108 Å². The van der Waals surface area contributed by atoms with Crippen LogP contribution in [0, 0.1) is 0 Å². The molecule has 12 atom stereocenters. The smallest absolute Gasteiger partial charge is 0.378 e. The normalized spacial score (nSPS) is 54.7. The second-order valence-electron chi connectivity index (χ2n) is 9.72. The molecule has 6 bridgehead atoms. The van der Waals surface area contributed by atoms with Crippen LogP contribution in [0.1, 0.15) is 0 Å². The summed E-state index contributed by atoms with van der Waals surface area (Å²) < 4.78 is 108. The van der Waals surface area contributed by atoms with E-state index in [9.17, 15) is 48.0 Å². The van der Waals surface area contributed by atoms with Crippen molar-refractivity contribution in [3.8, 4) is 0 Å². The zero-order valence-corrected chi connectivity index (χ0v) is 39.0. The van der Waals surface area contributed by atoms with E-state index in [4.69, 9.17) is 88.3 Å². The van der Waals surface area contributed by atoms with Crippen LogP contribution >= 0.6 is 0 Å². The summed E-state index contributed by atoms with van der Waals surface area (Å²) in [7, 11) is -65.8. The van der Waals surface area contributed by atoms with E-state index in [0.29, 0.717) is 28.4 Å². The van der Waals surface area contributed by atoms with E-state index in [1.54, 1.807) is 0 Å². The molecule has 4 aliphatic rings. The Morgan fingerprint density at radius 3 is 0.843 bits per heavy atom. The topological polar surface area (TPSA) is 396 Å². The van der Waals surface area contributed by atoms with E-state index in [2.05, 4.69) is 0 Å². The van der Waals surface area contributed by atoms with Gasteiger partial charge in [-0.3, -0.25) is 0 Å². The fourth-order valence-corrected chi connectivity index (χ4v) is 43.5. The lowest BCUT2D eigenvalue weighted by molar-refractivity contribution is -0.0898. The van der Waals surface area contributed by atoms with Crippen LogP contribution < -0.4 is 0 Å². The Hall–Kier alpha value is 1.36. The van der Waals surface area contributed by atoms with Gasteiger partial charge < -0.3 is 136 Å². The van der Waals surface area contributed by atoms with Gasteiger partial charge in [0.2, 0.25) is 0 Å². The van der Waals surface area contributed by atoms with Gasteiger partial charge in [-0.25, -0.2) is 0 Å². The first kappa shape index (κ1) is 45.1. The molecule has 4 fully saturated rings. The quantitative estimate of drug-likeness (QED) is 0.111. The van der Waals surface area contributed by atoms with Gasteiger partial charge >= 0.3 is 108 Å². The highest BCUT2D eigenvalue weighted by Crippen LogP contribution is 2.39. The molecule has 4 saturated heterocycles. The third-order valence-electron chi connectivity index (χ3n) is 5.81. The molecule has 0 spiro atoms. The molecule has 300 valence electrons. The van der Waals surface area contributed by atoms with Crippen LogP contribution in [0.3, 0.4) is 0 Å². The predicted molar refractivity (Wildman–Crippen MR) is 161 cm³/mol. The molecule has 10 N–H and O–H groups in total. The summed E-state index contributed by atoms with van der Waals surface area (Å²) in [6, 6.07) is 0. The maximum Gasteiger partial charge on any atom is 0.665 e. The average Bonchev–Trinajstić information content (AvgIpc) is 2.92. The van der Waals surface area contributed by atoms with Crippen LogP contribution in [0.5, 0.6) is 0 Å². The lowest BCUT2D eigenvalue weighted by Gasteiger charge is -2.48. The van der Waals surface area contributed by atoms with Crippen molar-refractivity contribution < 1.29 is 136 Å². The van der Waals surface area contributed by atoms with E-state index < -0.39 is 108 Å². The molecule has 12 unspecified atom stereocenters. The Bertz CT molecular complexity index is 1110. The predicted octanol–water partition coefficient (Wildman–Crippen LogP) is -9.42. The van der Waals surface area contributed by atoms with Crippen LogP contribution in [0.15, 0.2) is 0 Å². The Kier molecular flexibility index (Phi) is 12.9. The summed E-state index contributed by atoms with van der Waals surface area (Å²) in [4.78, 5) is 114. The Labute approximate surface area is 299 Å². The largest absolute Gasteiger partial charge is 0.665 e. The van der Waals surface area contributed by atoms with E-state index in [-0.39, 0.29) is 0 Å². The maximum absolute atomic E-state index is 11.8. The van der Waals surface area contributed by atoms with Gasteiger partial charge in [0.25, 0.3) is 0 Å². The first-order valence-corrected chi connectivity index (χ1v) is 34.2. The molecule has 0 amide bonds. The Balaban J connectivity index is 2.08. The lowest BCUT2D eigenvalue weighted by atomic mass is 11.8. The van der Waals surface area contributed by atoms with Gasteiger partial charge in [0, 0.05) is 55.8 Å². The van der Waals surface area contributed by atoms with Gasteiger partial charge in [0.05, 0.1) is 0 Å². The number of rotatable bonds is 6. The summed E-state index contributed by atoms with van der Waals surface area (Å²) >= 11 is 0. The van der Waals surface area contributed by atoms with Gasteiger partial charge in [0.1, 0.15) is 0 Å². The maximum atomic E-state index is 11.8. The minimum atomic E-state index is -6.56. The highest BCUT2D eigenvalue weighted by molar-refractivity contribution is 6.93. The monoisotopic (exact) mass is 962 g/mol. The van der Waals surface area contributed by atoms with Crippen LogP contribution in [-0.2, 0) is 88.3 Å². The number of fused-ring (bicyclic) bond motifs is 4. The summed E-state index contributed by atoms with van der Waals surface area (Å²) in [5.74, 6) is 0. The van der Waals surface area contributed by atoms with Gasteiger partial charge in [-0.05, 0) is 0 Å². The van der Waals surface area contributed by atoms with Gasteiger partial charge in [0.15, 0.2) is 0 Å². The molecule has 0 aliphatic carbocycles. The van der Waals surface area contributed by atoms with Crippen LogP contribution in [0.2, 0.25) is 13.1 Å². The Morgan fingerprint density at radius 2 is 0.529 bits per heavy atom. The fraction of sp³-hybridized carbons (Fsp3) is 1.00. The first-order valence-electron chi connectivity index (χ1n) is 13.0. The highest BCUT2D eigenvalue weighted by atomic mass is 28.6. The van der Waals surface area contributed by atoms with E-state index in [1.807, 2.05) is 0 Å². The minimum Gasteiger partial charge on any atom is -0.378 e. The third kappa shape index (κ3) is 10.5. The summed E-state index contributed by atoms with van der Waals surface area (Å²) in [5, 5.41) is 0. The van der Waals surface area contributed by atoms with Gasteiger partial charge in [-0.2, -0.15) is 0 Å². The highest BCUT2D eigenvalue weighted by Gasteiger charge is 2.81. The second-order valence-corrected chi connectivity index (χ2v) is 38.3. The van der Waals surface area contributed by atoms with Crippen molar-refractivity contribution in [1.82, 2.24) is 0 Å². The van der Waals surface area contributed by atoms with Crippen molar-refractivity contribution in [2.45, 2.75) is 13.1 Å². The number of hydrogen-bond donors (Lipinski definition) is 10. The van der Waals surface area contributed by atoms with Crippen molar-refractivity contribution in [3.63, 3.8) is 0 Å². The van der Waals surface area contributed by atoms with Gasteiger partial charge in [-0.1, -0.05) is 0 Å². The van der Waals surface area contributed by atoms with E-state index in [0.717, 1.165) is 27.3 Å². The van der Waals surface area contributed by atoms with Crippen LogP contribution in [0.25, 0.3) is 0 Å². The molecule has 0 aromatic rings. The van der Waals surface area contributed by atoms with E-state index >= 15 is 0 Å². The minimum absolute atomic E-state index is 0.635. The fourth-order valence-electron chi connectivity index (χ4n) is 3.83. The third-order valence-corrected chi connectivity index (χ3v) is 42.3. The summed E-state index contributed by atoms with van der Waals surface area (Å²) in [5.41, 5.74) is 0. The number of hydrogen-bond acceptors (Lipinski definition) is 31. The van der Waals surface area contributed by atoms with Crippen molar-refractivity contribution in [1.29, 1.82) is 0 Å². The first-order chi connectivity index (χ1) is 23.0. The van der Waals surface area contributed by atoms with Crippen molar-refractivity contribution in [2.75, 3.05) is 42.7 Å². The van der Waals surface area contributed by atoms with Gasteiger partial charge in [-0.15, -0.1) is 0 Å². The van der Waals surface area contributed by atoms with Crippen molar-refractivity contribution in [3.05, 3.63) is 0 Å². The molecule has 4 aliphatic heterocycles. The molecule has 0 aromatic heterocycles. The SMILES string of the molecule is CO[Si]1(C)O[Si]2(C)O[Si](O)(OC)O[Si](O)(OC)O[Si]3(O)O[Si](O)(OC)O[Si]4(O)O[Si](O)(OC)O[Si](O)(OC)O[Si](O)(O1)O[Si](O)(O2)O[Si](O)(O3)O4.